The number of sulfonamides is 1. The third-order valence-corrected chi connectivity index (χ3v) is 9.50. The van der Waals surface area contributed by atoms with E-state index in [0.717, 1.165) is 42.5 Å². The summed E-state index contributed by atoms with van der Waals surface area (Å²) in [6.45, 7) is 5.12. The number of carbonyl (C=O) groups is 1. The molecule has 0 spiro atoms. The Labute approximate surface area is 188 Å². The van der Waals surface area contributed by atoms with Crippen molar-refractivity contribution in [3.63, 3.8) is 0 Å². The highest BCUT2D eigenvalue weighted by atomic mass is 35.5. The molecule has 1 aromatic heterocycles. The van der Waals surface area contributed by atoms with E-state index >= 15 is 0 Å². The van der Waals surface area contributed by atoms with Crippen LogP contribution in [0.4, 0.5) is 5.69 Å². The van der Waals surface area contributed by atoms with Gasteiger partial charge in [-0.15, -0.1) is 0 Å². The molecule has 0 radical (unpaired) electrons. The third kappa shape index (κ3) is 3.47. The van der Waals surface area contributed by atoms with Crippen molar-refractivity contribution in [1.29, 1.82) is 0 Å². The molecule has 6 nitrogen and oxygen atoms in total. The lowest BCUT2D eigenvalue weighted by Gasteiger charge is -2.34. The van der Waals surface area contributed by atoms with Crippen LogP contribution in [0.25, 0.3) is 0 Å². The van der Waals surface area contributed by atoms with E-state index in [1.54, 1.807) is 27.5 Å². The highest BCUT2D eigenvalue weighted by Gasteiger charge is 2.44. The number of benzene rings is 1. The first-order valence-corrected chi connectivity index (χ1v) is 12.7. The summed E-state index contributed by atoms with van der Waals surface area (Å²) in [7, 11) is -3.12. The van der Waals surface area contributed by atoms with Crippen LogP contribution >= 0.6 is 11.6 Å². The summed E-state index contributed by atoms with van der Waals surface area (Å²) in [6.07, 6.45) is 6.69. The summed E-state index contributed by atoms with van der Waals surface area (Å²) < 4.78 is 26.7. The number of rotatable bonds is 4. The molecule has 5 rings (SSSR count). The molecule has 3 heterocycles. The fourth-order valence-electron chi connectivity index (χ4n) is 4.95. The van der Waals surface area contributed by atoms with E-state index in [4.69, 9.17) is 11.6 Å². The number of aromatic nitrogens is 1. The highest BCUT2D eigenvalue weighted by molar-refractivity contribution is 7.90. The Morgan fingerprint density at radius 3 is 2.45 bits per heavy atom. The van der Waals surface area contributed by atoms with Crippen molar-refractivity contribution < 1.29 is 13.2 Å². The maximum atomic E-state index is 13.2. The number of nitrogens with zero attached hydrogens (tertiary/aromatic N) is 3. The third-order valence-electron chi connectivity index (χ3n) is 6.87. The predicted octanol–water partition coefficient (Wildman–Crippen LogP) is 4.30. The minimum atomic E-state index is -3.12. The molecule has 2 fully saturated rings. The fraction of sp³-hybridized carbons (Fsp3) is 0.478. The summed E-state index contributed by atoms with van der Waals surface area (Å²) in [4.78, 5) is 19.4. The molecule has 2 aliphatic heterocycles. The van der Waals surface area contributed by atoms with Gasteiger partial charge in [-0.3, -0.25) is 14.7 Å². The van der Waals surface area contributed by atoms with Crippen molar-refractivity contribution in [2.24, 2.45) is 0 Å². The van der Waals surface area contributed by atoms with E-state index in [-0.39, 0.29) is 17.1 Å². The smallest absolute Gasteiger partial charge is 0.259 e. The monoisotopic (exact) mass is 459 g/mol. The molecule has 1 amide bonds. The molecule has 0 atom stereocenters. The molecule has 1 saturated heterocycles. The van der Waals surface area contributed by atoms with Crippen LogP contribution in [0.5, 0.6) is 0 Å². The van der Waals surface area contributed by atoms with Crippen LogP contribution in [-0.2, 0) is 15.6 Å². The van der Waals surface area contributed by atoms with Gasteiger partial charge in [-0.25, -0.2) is 12.7 Å². The molecule has 1 saturated carbocycles. The first kappa shape index (κ1) is 20.9. The Balaban J connectivity index is 1.38. The Kier molecular flexibility index (Phi) is 4.92. The maximum absolute atomic E-state index is 13.2. The largest absolute Gasteiger partial charge is 0.297 e. The van der Waals surface area contributed by atoms with Gasteiger partial charge in [-0.1, -0.05) is 11.6 Å². The first-order chi connectivity index (χ1) is 14.7. The van der Waals surface area contributed by atoms with Crippen LogP contribution in [0.3, 0.4) is 0 Å². The van der Waals surface area contributed by atoms with Gasteiger partial charge in [-0.05, 0) is 80.8 Å². The molecule has 1 aromatic carbocycles. The zero-order valence-corrected chi connectivity index (χ0v) is 19.3. The standard InChI is InChI=1S/C23H26ClN3O3S/c1-23(2)21-12-17(24)3-6-20(21)22(28)27(23)18-11-16(13-25-14-18)15-7-9-26(10-8-15)31(29,30)19-4-5-19/h3,6,11-15,19H,4-5,7-10H2,1-2H3. The number of hydrogen-bond donors (Lipinski definition) is 0. The average Bonchev–Trinajstić information content (AvgIpc) is 3.57. The zero-order valence-electron chi connectivity index (χ0n) is 17.7. The van der Waals surface area contributed by atoms with Crippen molar-refractivity contribution in [2.45, 2.75) is 56.2 Å². The number of piperidine rings is 1. The highest BCUT2D eigenvalue weighted by Crippen LogP contribution is 2.43. The van der Waals surface area contributed by atoms with Gasteiger partial charge in [0.15, 0.2) is 0 Å². The maximum Gasteiger partial charge on any atom is 0.259 e. The van der Waals surface area contributed by atoms with Gasteiger partial charge >= 0.3 is 0 Å². The predicted molar refractivity (Wildman–Crippen MR) is 121 cm³/mol. The Hall–Kier alpha value is -1.96. The minimum Gasteiger partial charge on any atom is -0.297 e. The van der Waals surface area contributed by atoms with Gasteiger partial charge in [0.05, 0.1) is 22.7 Å². The van der Waals surface area contributed by atoms with Gasteiger partial charge < -0.3 is 0 Å². The molecular weight excluding hydrogens is 434 g/mol. The molecule has 0 bridgehead atoms. The lowest BCUT2D eigenvalue weighted by molar-refractivity contribution is 0.0982. The van der Waals surface area contributed by atoms with Crippen molar-refractivity contribution in [3.8, 4) is 0 Å². The van der Waals surface area contributed by atoms with Crippen LogP contribution in [0.15, 0.2) is 36.7 Å². The second-order valence-electron chi connectivity index (χ2n) is 9.28. The number of fused-ring (bicyclic) bond motifs is 1. The van der Waals surface area contributed by atoms with Crippen molar-refractivity contribution >= 4 is 33.2 Å². The average molecular weight is 460 g/mol. The molecule has 8 heteroatoms. The van der Waals surface area contributed by atoms with E-state index in [2.05, 4.69) is 4.98 Å². The van der Waals surface area contributed by atoms with E-state index in [1.165, 1.54) is 0 Å². The molecule has 1 aliphatic carbocycles. The van der Waals surface area contributed by atoms with Gasteiger partial charge in [0.25, 0.3) is 5.91 Å². The fourth-order valence-corrected chi connectivity index (χ4v) is 7.00. The second-order valence-corrected chi connectivity index (χ2v) is 11.9. The number of hydrogen-bond acceptors (Lipinski definition) is 4. The molecule has 164 valence electrons. The van der Waals surface area contributed by atoms with Gasteiger partial charge in [-0.2, -0.15) is 0 Å². The Bertz CT molecular complexity index is 1150. The van der Waals surface area contributed by atoms with Crippen LogP contribution in [0.1, 0.15) is 66.9 Å². The SMILES string of the molecule is CC1(C)c2cc(Cl)ccc2C(=O)N1c1cncc(C2CCN(S(=O)(=O)C3CC3)CC2)c1. The van der Waals surface area contributed by atoms with E-state index < -0.39 is 15.6 Å². The number of pyridine rings is 1. The van der Waals surface area contributed by atoms with E-state index in [1.807, 2.05) is 32.2 Å². The van der Waals surface area contributed by atoms with E-state index in [9.17, 15) is 13.2 Å². The van der Waals surface area contributed by atoms with Crippen molar-refractivity contribution in [2.75, 3.05) is 18.0 Å². The lowest BCUT2D eigenvalue weighted by Crippen LogP contribution is -2.40. The van der Waals surface area contributed by atoms with E-state index in [0.29, 0.717) is 23.7 Å². The summed E-state index contributed by atoms with van der Waals surface area (Å²) >= 11 is 6.20. The van der Waals surface area contributed by atoms with Crippen LogP contribution in [0.2, 0.25) is 5.02 Å². The van der Waals surface area contributed by atoms with Gasteiger partial charge in [0, 0.05) is 29.9 Å². The molecule has 0 N–H and O–H groups in total. The number of amides is 1. The molecule has 2 aromatic rings. The van der Waals surface area contributed by atoms with Crippen LogP contribution < -0.4 is 4.90 Å². The Morgan fingerprint density at radius 2 is 1.77 bits per heavy atom. The van der Waals surface area contributed by atoms with Crippen LogP contribution in [-0.4, -0.2) is 42.0 Å². The number of anilines is 1. The molecule has 31 heavy (non-hydrogen) atoms. The summed E-state index contributed by atoms with van der Waals surface area (Å²) in [5.74, 6) is 0.178. The number of carbonyl (C=O) groups excluding carboxylic acids is 1. The summed E-state index contributed by atoms with van der Waals surface area (Å²) in [5.41, 5.74) is 2.85. The lowest BCUT2D eigenvalue weighted by atomic mass is 9.90. The van der Waals surface area contributed by atoms with Gasteiger partial charge in [0.2, 0.25) is 10.0 Å². The second kappa shape index (κ2) is 7.29. The summed E-state index contributed by atoms with van der Waals surface area (Å²) in [5, 5.41) is 0.453. The quantitative estimate of drug-likeness (QED) is 0.683. The minimum absolute atomic E-state index is 0.0547. The topological polar surface area (TPSA) is 70.6 Å². The van der Waals surface area contributed by atoms with Crippen molar-refractivity contribution in [1.82, 2.24) is 9.29 Å². The van der Waals surface area contributed by atoms with Crippen LogP contribution in [0, 0.1) is 0 Å². The Morgan fingerprint density at radius 1 is 1.06 bits per heavy atom. The molecule has 0 unspecified atom stereocenters. The van der Waals surface area contributed by atoms with Gasteiger partial charge in [0.1, 0.15) is 0 Å². The summed E-state index contributed by atoms with van der Waals surface area (Å²) in [6, 6.07) is 7.43. The molecular formula is C23H26ClN3O3S. The first-order valence-electron chi connectivity index (χ1n) is 10.8. The molecule has 3 aliphatic rings. The number of halogens is 1. The normalized spacial score (nSPS) is 22.0. The van der Waals surface area contributed by atoms with Crippen molar-refractivity contribution in [3.05, 3.63) is 58.4 Å². The zero-order chi connectivity index (χ0) is 22.0.